The lowest BCUT2D eigenvalue weighted by Gasteiger charge is -2.29. The summed E-state index contributed by atoms with van der Waals surface area (Å²) in [6.45, 7) is 6.24. The van der Waals surface area contributed by atoms with Crippen LogP contribution in [0, 0.1) is 0 Å². The first-order valence-corrected chi connectivity index (χ1v) is 6.77. The molecule has 0 radical (unpaired) electrons. The summed E-state index contributed by atoms with van der Waals surface area (Å²) in [7, 11) is 3.83. The number of likely N-dealkylation sites (tertiary alicyclic amines) is 1. The van der Waals surface area contributed by atoms with Crippen LogP contribution in [-0.2, 0) is 0 Å². The SMILES string of the molecule is CC.COc1cccc(OC2CCN(C)CC2)c1. The van der Waals surface area contributed by atoms with Gasteiger partial charge >= 0.3 is 0 Å². The topological polar surface area (TPSA) is 21.7 Å². The van der Waals surface area contributed by atoms with E-state index in [9.17, 15) is 0 Å². The first-order valence-electron chi connectivity index (χ1n) is 6.77. The fourth-order valence-electron chi connectivity index (χ4n) is 1.97. The summed E-state index contributed by atoms with van der Waals surface area (Å²) in [5, 5.41) is 0. The lowest BCUT2D eigenvalue weighted by Crippen LogP contribution is -2.35. The van der Waals surface area contributed by atoms with E-state index in [1.165, 1.54) is 0 Å². The van der Waals surface area contributed by atoms with Gasteiger partial charge in [0.15, 0.2) is 0 Å². The molecule has 0 aromatic heterocycles. The molecule has 1 aromatic carbocycles. The fraction of sp³-hybridized carbons (Fsp3) is 0.600. The smallest absolute Gasteiger partial charge is 0.123 e. The van der Waals surface area contributed by atoms with E-state index in [1.54, 1.807) is 7.11 Å². The van der Waals surface area contributed by atoms with E-state index in [0.717, 1.165) is 37.4 Å². The second-order valence-corrected chi connectivity index (χ2v) is 4.30. The van der Waals surface area contributed by atoms with Gasteiger partial charge in [0.1, 0.15) is 17.6 Å². The highest BCUT2D eigenvalue weighted by atomic mass is 16.5. The van der Waals surface area contributed by atoms with Gasteiger partial charge < -0.3 is 14.4 Å². The second-order valence-electron chi connectivity index (χ2n) is 4.30. The Kier molecular flexibility index (Phi) is 6.58. The van der Waals surface area contributed by atoms with E-state index in [-0.39, 0.29) is 0 Å². The van der Waals surface area contributed by atoms with Gasteiger partial charge in [-0.2, -0.15) is 0 Å². The molecule has 0 unspecified atom stereocenters. The number of ether oxygens (including phenoxy) is 2. The Labute approximate surface area is 111 Å². The first-order chi connectivity index (χ1) is 8.78. The monoisotopic (exact) mass is 251 g/mol. The predicted octanol–water partition coefficient (Wildman–Crippen LogP) is 3.19. The highest BCUT2D eigenvalue weighted by molar-refractivity contribution is 5.32. The molecule has 0 aliphatic carbocycles. The Morgan fingerprint density at radius 1 is 1.11 bits per heavy atom. The maximum absolute atomic E-state index is 5.94. The maximum atomic E-state index is 5.94. The van der Waals surface area contributed by atoms with Crippen molar-refractivity contribution < 1.29 is 9.47 Å². The average molecular weight is 251 g/mol. The molecular weight excluding hydrogens is 226 g/mol. The fourth-order valence-corrected chi connectivity index (χ4v) is 1.97. The largest absolute Gasteiger partial charge is 0.497 e. The average Bonchev–Trinajstić information content (AvgIpc) is 2.44. The summed E-state index contributed by atoms with van der Waals surface area (Å²) < 4.78 is 11.1. The van der Waals surface area contributed by atoms with Crippen molar-refractivity contribution in [3.05, 3.63) is 24.3 Å². The molecule has 102 valence electrons. The number of hydrogen-bond acceptors (Lipinski definition) is 3. The van der Waals surface area contributed by atoms with Crippen molar-refractivity contribution in [2.45, 2.75) is 32.8 Å². The number of benzene rings is 1. The Hall–Kier alpha value is -1.22. The van der Waals surface area contributed by atoms with Gasteiger partial charge in [-0.1, -0.05) is 19.9 Å². The lowest BCUT2D eigenvalue weighted by molar-refractivity contribution is 0.114. The van der Waals surface area contributed by atoms with E-state index < -0.39 is 0 Å². The van der Waals surface area contributed by atoms with Crippen molar-refractivity contribution in [1.82, 2.24) is 4.90 Å². The zero-order valence-electron chi connectivity index (χ0n) is 12.0. The standard InChI is InChI=1S/C13H19NO2.C2H6/c1-14-8-6-11(7-9-14)16-13-5-3-4-12(10-13)15-2;1-2/h3-5,10-11H,6-9H2,1-2H3;1-2H3. The van der Waals surface area contributed by atoms with Gasteiger partial charge in [-0.05, 0) is 32.0 Å². The molecule has 1 aromatic rings. The quantitative estimate of drug-likeness (QED) is 0.823. The van der Waals surface area contributed by atoms with Crippen LogP contribution >= 0.6 is 0 Å². The summed E-state index contributed by atoms with van der Waals surface area (Å²) in [6, 6.07) is 7.82. The van der Waals surface area contributed by atoms with Crippen LogP contribution in [0.5, 0.6) is 11.5 Å². The zero-order chi connectivity index (χ0) is 13.4. The van der Waals surface area contributed by atoms with Gasteiger partial charge in [-0.3, -0.25) is 0 Å². The van der Waals surface area contributed by atoms with E-state index in [4.69, 9.17) is 9.47 Å². The Bertz CT molecular complexity index is 333. The summed E-state index contributed by atoms with van der Waals surface area (Å²) in [5.41, 5.74) is 0. The van der Waals surface area contributed by atoms with Crippen molar-refractivity contribution in [2.75, 3.05) is 27.2 Å². The minimum atomic E-state index is 0.350. The molecule has 2 rings (SSSR count). The summed E-state index contributed by atoms with van der Waals surface area (Å²) >= 11 is 0. The van der Waals surface area contributed by atoms with Crippen LogP contribution in [0.3, 0.4) is 0 Å². The van der Waals surface area contributed by atoms with Gasteiger partial charge in [0, 0.05) is 19.2 Å². The summed E-state index contributed by atoms with van der Waals surface area (Å²) in [6.07, 6.45) is 2.56. The summed E-state index contributed by atoms with van der Waals surface area (Å²) in [4.78, 5) is 2.34. The molecule has 3 heteroatoms. The van der Waals surface area contributed by atoms with Crippen molar-refractivity contribution in [3.63, 3.8) is 0 Å². The highest BCUT2D eigenvalue weighted by Crippen LogP contribution is 2.22. The number of piperidine rings is 1. The van der Waals surface area contributed by atoms with Crippen LogP contribution in [0.25, 0.3) is 0 Å². The second kappa shape index (κ2) is 7.98. The molecule has 0 saturated carbocycles. The van der Waals surface area contributed by atoms with E-state index >= 15 is 0 Å². The zero-order valence-corrected chi connectivity index (χ0v) is 12.0. The van der Waals surface area contributed by atoms with Crippen LogP contribution in [0.2, 0.25) is 0 Å². The van der Waals surface area contributed by atoms with E-state index in [1.807, 2.05) is 38.1 Å². The molecule has 1 aliphatic rings. The van der Waals surface area contributed by atoms with Gasteiger partial charge in [-0.25, -0.2) is 0 Å². The van der Waals surface area contributed by atoms with Gasteiger partial charge in [-0.15, -0.1) is 0 Å². The van der Waals surface area contributed by atoms with Crippen molar-refractivity contribution in [3.8, 4) is 11.5 Å². The van der Waals surface area contributed by atoms with Crippen molar-refractivity contribution in [2.24, 2.45) is 0 Å². The van der Waals surface area contributed by atoms with E-state index in [2.05, 4.69) is 11.9 Å². The van der Waals surface area contributed by atoms with Crippen LogP contribution in [0.4, 0.5) is 0 Å². The van der Waals surface area contributed by atoms with Gasteiger partial charge in [0.2, 0.25) is 0 Å². The molecule has 0 spiro atoms. The third kappa shape index (κ3) is 4.57. The van der Waals surface area contributed by atoms with Gasteiger partial charge in [0.25, 0.3) is 0 Å². The molecule has 0 N–H and O–H groups in total. The number of hydrogen-bond donors (Lipinski definition) is 0. The third-order valence-corrected chi connectivity index (χ3v) is 3.01. The molecule has 1 saturated heterocycles. The van der Waals surface area contributed by atoms with Crippen LogP contribution in [0.1, 0.15) is 26.7 Å². The first kappa shape index (κ1) is 14.8. The highest BCUT2D eigenvalue weighted by Gasteiger charge is 2.17. The lowest BCUT2D eigenvalue weighted by atomic mass is 10.1. The van der Waals surface area contributed by atoms with Crippen LogP contribution in [-0.4, -0.2) is 38.3 Å². The number of rotatable bonds is 3. The Morgan fingerprint density at radius 3 is 2.33 bits per heavy atom. The molecule has 0 bridgehead atoms. The maximum Gasteiger partial charge on any atom is 0.123 e. The molecule has 1 fully saturated rings. The molecule has 18 heavy (non-hydrogen) atoms. The molecule has 0 atom stereocenters. The predicted molar refractivity (Wildman–Crippen MR) is 75.5 cm³/mol. The molecule has 0 amide bonds. The molecular formula is C15H25NO2. The molecule has 1 heterocycles. The number of methoxy groups -OCH3 is 1. The number of nitrogens with zero attached hydrogens (tertiary/aromatic N) is 1. The normalized spacial score (nSPS) is 16.7. The van der Waals surface area contributed by atoms with Gasteiger partial charge in [0.05, 0.1) is 7.11 Å². The summed E-state index contributed by atoms with van der Waals surface area (Å²) in [5.74, 6) is 1.76. The van der Waals surface area contributed by atoms with Crippen LogP contribution < -0.4 is 9.47 Å². The Balaban J connectivity index is 0.000000771. The molecule has 1 aliphatic heterocycles. The van der Waals surface area contributed by atoms with Crippen molar-refractivity contribution in [1.29, 1.82) is 0 Å². The van der Waals surface area contributed by atoms with Crippen molar-refractivity contribution >= 4 is 0 Å². The minimum absolute atomic E-state index is 0.350. The van der Waals surface area contributed by atoms with Crippen LogP contribution in [0.15, 0.2) is 24.3 Å². The molecule has 3 nitrogen and oxygen atoms in total. The minimum Gasteiger partial charge on any atom is -0.497 e. The Morgan fingerprint density at radius 2 is 1.72 bits per heavy atom. The third-order valence-electron chi connectivity index (χ3n) is 3.01. The van der Waals surface area contributed by atoms with E-state index in [0.29, 0.717) is 6.10 Å².